The van der Waals surface area contributed by atoms with Crippen molar-refractivity contribution >= 4 is 5.91 Å². The first-order valence-electron chi connectivity index (χ1n) is 6.87. The van der Waals surface area contributed by atoms with Gasteiger partial charge >= 0.3 is 0 Å². The minimum Gasteiger partial charge on any atom is -0.393 e. The lowest BCUT2D eigenvalue weighted by molar-refractivity contribution is -0.141. The second-order valence-electron chi connectivity index (χ2n) is 5.83. The third kappa shape index (κ3) is 3.53. The van der Waals surface area contributed by atoms with Gasteiger partial charge in [0.25, 0.3) is 0 Å². The highest BCUT2D eigenvalue weighted by atomic mass is 16.3. The summed E-state index contributed by atoms with van der Waals surface area (Å²) in [5.41, 5.74) is 0.699. The molecule has 1 aromatic rings. The zero-order chi connectivity index (χ0) is 13.9. The largest absolute Gasteiger partial charge is 0.393 e. The molecule has 0 aromatic carbocycles. The minimum atomic E-state index is -0.283. The Labute approximate surface area is 114 Å². The van der Waals surface area contributed by atoms with Crippen LogP contribution < -0.4 is 0 Å². The molecule has 1 fully saturated rings. The van der Waals surface area contributed by atoms with Crippen LogP contribution in [0, 0.1) is 0 Å². The van der Waals surface area contributed by atoms with E-state index in [1.54, 1.807) is 6.20 Å². The van der Waals surface area contributed by atoms with E-state index >= 15 is 0 Å². The van der Waals surface area contributed by atoms with Crippen LogP contribution in [-0.4, -0.2) is 39.1 Å². The maximum Gasteiger partial charge on any atom is 0.223 e. The number of carbonyl (C=O) groups is 1. The average molecular weight is 262 g/mol. The number of aliphatic hydroxyl groups is 1. The summed E-state index contributed by atoms with van der Waals surface area (Å²) < 4.78 is 0. The van der Waals surface area contributed by atoms with Crippen molar-refractivity contribution in [3.8, 4) is 0 Å². The number of aryl methyl sites for hydroxylation is 1. The molecule has 104 valence electrons. The van der Waals surface area contributed by atoms with Gasteiger partial charge in [-0.3, -0.25) is 9.78 Å². The van der Waals surface area contributed by atoms with Gasteiger partial charge in [-0.25, -0.2) is 0 Å². The summed E-state index contributed by atoms with van der Waals surface area (Å²) in [5.74, 6) is 0.155. The summed E-state index contributed by atoms with van der Waals surface area (Å²) in [4.78, 5) is 18.4. The van der Waals surface area contributed by atoms with E-state index in [0.29, 0.717) is 32.2 Å². The van der Waals surface area contributed by atoms with Crippen LogP contribution in [0.4, 0.5) is 0 Å². The van der Waals surface area contributed by atoms with Gasteiger partial charge in [-0.05, 0) is 45.2 Å². The second kappa shape index (κ2) is 5.70. The predicted molar refractivity (Wildman–Crippen MR) is 73.6 cm³/mol. The minimum absolute atomic E-state index is 0.155. The fourth-order valence-corrected chi connectivity index (χ4v) is 2.75. The zero-order valence-electron chi connectivity index (χ0n) is 11.7. The quantitative estimate of drug-likeness (QED) is 0.903. The molecule has 1 unspecified atom stereocenters. The van der Waals surface area contributed by atoms with Crippen molar-refractivity contribution in [1.29, 1.82) is 0 Å². The van der Waals surface area contributed by atoms with Crippen LogP contribution in [0.5, 0.6) is 0 Å². The van der Waals surface area contributed by atoms with Crippen LogP contribution >= 0.6 is 0 Å². The monoisotopic (exact) mass is 262 g/mol. The number of carbonyl (C=O) groups excluding carboxylic acids is 1. The molecule has 4 nitrogen and oxygen atoms in total. The Hall–Kier alpha value is -1.42. The first-order chi connectivity index (χ1) is 8.99. The van der Waals surface area contributed by atoms with E-state index in [1.807, 2.05) is 36.9 Å². The molecule has 0 saturated carbocycles. The molecule has 0 spiro atoms. The highest BCUT2D eigenvalue weighted by Gasteiger charge is 2.36. The van der Waals surface area contributed by atoms with Crippen LogP contribution in [0.25, 0.3) is 0 Å². The van der Waals surface area contributed by atoms with E-state index in [0.717, 1.165) is 5.69 Å². The van der Waals surface area contributed by atoms with Gasteiger partial charge < -0.3 is 10.0 Å². The Balaban J connectivity index is 1.93. The zero-order valence-corrected chi connectivity index (χ0v) is 11.7. The third-order valence-corrected chi connectivity index (χ3v) is 3.77. The molecular weight excluding hydrogens is 240 g/mol. The summed E-state index contributed by atoms with van der Waals surface area (Å²) in [5, 5.41) is 9.70. The van der Waals surface area contributed by atoms with Gasteiger partial charge in [0.2, 0.25) is 5.91 Å². The normalized spacial score (nSPS) is 22.3. The Morgan fingerprint density at radius 3 is 2.95 bits per heavy atom. The number of nitrogens with zero attached hydrogens (tertiary/aromatic N) is 2. The van der Waals surface area contributed by atoms with Crippen molar-refractivity contribution < 1.29 is 9.90 Å². The molecule has 1 atom stereocenters. The highest BCUT2D eigenvalue weighted by molar-refractivity contribution is 5.77. The maximum atomic E-state index is 12.3. The molecule has 0 aliphatic carbocycles. The molecule has 1 aliphatic heterocycles. The molecule has 2 rings (SSSR count). The van der Waals surface area contributed by atoms with Crippen LogP contribution in [0.3, 0.4) is 0 Å². The first kappa shape index (κ1) is 14.0. The van der Waals surface area contributed by atoms with Crippen LogP contribution in [0.1, 0.15) is 38.8 Å². The summed E-state index contributed by atoms with van der Waals surface area (Å²) in [6, 6.07) is 5.76. The molecule has 0 radical (unpaired) electrons. The maximum absolute atomic E-state index is 12.3. The van der Waals surface area contributed by atoms with Crippen molar-refractivity contribution in [2.45, 2.75) is 51.2 Å². The van der Waals surface area contributed by atoms with Crippen molar-refractivity contribution in [2.75, 3.05) is 6.54 Å². The summed E-state index contributed by atoms with van der Waals surface area (Å²) >= 11 is 0. The van der Waals surface area contributed by atoms with Gasteiger partial charge in [0, 0.05) is 30.4 Å². The standard InChI is InChI=1S/C15H22N2O2/c1-15(2)11-13(18)8-10-17(15)14(19)7-6-12-5-3-4-9-16-12/h3-5,9,13,18H,6-8,10-11H2,1-2H3. The molecular formula is C15H22N2O2. The molecule has 1 N–H and O–H groups in total. The fourth-order valence-electron chi connectivity index (χ4n) is 2.75. The summed E-state index contributed by atoms with van der Waals surface area (Å²) in [6.45, 7) is 4.69. The van der Waals surface area contributed by atoms with Crippen molar-refractivity contribution in [3.05, 3.63) is 30.1 Å². The van der Waals surface area contributed by atoms with Gasteiger partial charge in [-0.1, -0.05) is 6.07 Å². The van der Waals surface area contributed by atoms with Crippen molar-refractivity contribution in [2.24, 2.45) is 0 Å². The number of piperidine rings is 1. The van der Waals surface area contributed by atoms with E-state index in [9.17, 15) is 9.90 Å². The third-order valence-electron chi connectivity index (χ3n) is 3.77. The smallest absolute Gasteiger partial charge is 0.223 e. The Kier molecular flexibility index (Phi) is 4.20. The van der Waals surface area contributed by atoms with E-state index in [1.165, 1.54) is 0 Å². The number of aliphatic hydroxyl groups excluding tert-OH is 1. The molecule has 1 saturated heterocycles. The van der Waals surface area contributed by atoms with Gasteiger partial charge in [0.05, 0.1) is 6.10 Å². The van der Waals surface area contributed by atoms with Crippen LogP contribution in [-0.2, 0) is 11.2 Å². The number of likely N-dealkylation sites (tertiary alicyclic amines) is 1. The number of amides is 1. The average Bonchev–Trinajstić information content (AvgIpc) is 2.36. The van der Waals surface area contributed by atoms with Gasteiger partial charge in [0.1, 0.15) is 0 Å². The van der Waals surface area contributed by atoms with E-state index < -0.39 is 0 Å². The predicted octanol–water partition coefficient (Wildman–Crippen LogP) is 1.78. The molecule has 1 aliphatic rings. The van der Waals surface area contributed by atoms with Crippen LogP contribution in [0.2, 0.25) is 0 Å². The highest BCUT2D eigenvalue weighted by Crippen LogP contribution is 2.28. The van der Waals surface area contributed by atoms with Crippen molar-refractivity contribution in [1.82, 2.24) is 9.88 Å². The first-order valence-corrected chi connectivity index (χ1v) is 6.87. The van der Waals surface area contributed by atoms with E-state index in [-0.39, 0.29) is 17.6 Å². The number of hydrogen-bond donors (Lipinski definition) is 1. The molecule has 4 heteroatoms. The van der Waals surface area contributed by atoms with Crippen LogP contribution in [0.15, 0.2) is 24.4 Å². The Morgan fingerprint density at radius 2 is 2.32 bits per heavy atom. The lowest BCUT2D eigenvalue weighted by Crippen LogP contribution is -2.54. The Morgan fingerprint density at radius 1 is 1.53 bits per heavy atom. The SMILES string of the molecule is CC1(C)CC(O)CCN1C(=O)CCc1ccccn1. The molecule has 1 aromatic heterocycles. The topological polar surface area (TPSA) is 53.4 Å². The summed E-state index contributed by atoms with van der Waals surface area (Å²) in [7, 11) is 0. The lowest BCUT2D eigenvalue weighted by atomic mass is 9.88. The molecule has 1 amide bonds. The number of hydrogen-bond acceptors (Lipinski definition) is 3. The van der Waals surface area contributed by atoms with Gasteiger partial charge in [-0.2, -0.15) is 0 Å². The lowest BCUT2D eigenvalue weighted by Gasteiger charge is -2.44. The molecule has 19 heavy (non-hydrogen) atoms. The Bertz CT molecular complexity index is 431. The fraction of sp³-hybridized carbons (Fsp3) is 0.600. The number of rotatable bonds is 3. The van der Waals surface area contributed by atoms with Gasteiger partial charge in [-0.15, -0.1) is 0 Å². The van der Waals surface area contributed by atoms with Crippen molar-refractivity contribution in [3.63, 3.8) is 0 Å². The molecule has 0 bridgehead atoms. The summed E-state index contributed by atoms with van der Waals surface area (Å²) in [6.07, 6.45) is 3.96. The van der Waals surface area contributed by atoms with Gasteiger partial charge in [0.15, 0.2) is 0 Å². The van der Waals surface area contributed by atoms with E-state index in [2.05, 4.69) is 4.98 Å². The molecule has 2 heterocycles. The second-order valence-corrected chi connectivity index (χ2v) is 5.83. The number of aromatic nitrogens is 1. The number of pyridine rings is 1. The van der Waals surface area contributed by atoms with E-state index in [4.69, 9.17) is 0 Å².